The second-order valence-electron chi connectivity index (χ2n) is 9.24. The van der Waals surface area contributed by atoms with E-state index in [1.807, 2.05) is 18.2 Å². The molecule has 0 amide bonds. The maximum Gasteiger partial charge on any atom is 0.326 e. The van der Waals surface area contributed by atoms with Crippen molar-refractivity contribution in [3.05, 3.63) is 60.6 Å². The molecule has 1 atom stereocenters. The second-order valence-corrected chi connectivity index (χ2v) is 9.24. The smallest absolute Gasteiger partial charge is 0.326 e. The Morgan fingerprint density at radius 3 is 2.53 bits per heavy atom. The summed E-state index contributed by atoms with van der Waals surface area (Å²) in [7, 11) is 0. The molecular formula is C26H32N8O2. The summed E-state index contributed by atoms with van der Waals surface area (Å²) in [5, 5.41) is 19.4. The monoisotopic (exact) mass is 488 g/mol. The Bertz CT molecular complexity index is 1160. The number of rotatable bonds is 1. The van der Waals surface area contributed by atoms with Gasteiger partial charge in [0.1, 0.15) is 11.9 Å². The van der Waals surface area contributed by atoms with Crippen LogP contribution >= 0.6 is 0 Å². The van der Waals surface area contributed by atoms with Gasteiger partial charge in [-0.1, -0.05) is 12.1 Å². The number of nitrogens with zero attached hydrogens (tertiary/aromatic N) is 5. The molecule has 8 rings (SSSR count). The van der Waals surface area contributed by atoms with Gasteiger partial charge >= 0.3 is 5.97 Å². The molecule has 36 heavy (non-hydrogen) atoms. The standard InChI is InChI=1S/C26H32N8O2/c35-25(36)23-5-6-27-8-9-33-10-12-34(13-11-33)18-19-2-1-3-22(14-19)31-24-15-20(4-7-28-24)21-16-29-26(32-23)30-17-21/h1-4,7,14-17,23,27H,5-6,8-13,18H2,(H,28,31)(H,35,36)(H,29,30,32). The minimum absolute atomic E-state index is 0.298. The van der Waals surface area contributed by atoms with E-state index < -0.39 is 12.0 Å². The lowest BCUT2D eigenvalue weighted by Crippen LogP contribution is -2.47. The molecule has 0 saturated carbocycles. The number of benzene rings is 1. The first kappa shape index (κ1) is 24.1. The molecule has 188 valence electrons. The zero-order valence-electron chi connectivity index (χ0n) is 20.2. The third-order valence-corrected chi connectivity index (χ3v) is 6.63. The largest absolute Gasteiger partial charge is 0.480 e. The predicted octanol–water partition coefficient (Wildman–Crippen LogP) is 2.26. The van der Waals surface area contributed by atoms with E-state index in [9.17, 15) is 9.90 Å². The van der Waals surface area contributed by atoms with E-state index in [0.29, 0.717) is 18.9 Å². The first-order chi connectivity index (χ1) is 17.6. The molecule has 5 aliphatic heterocycles. The summed E-state index contributed by atoms with van der Waals surface area (Å²) in [6.07, 6.45) is 5.58. The van der Waals surface area contributed by atoms with Crippen LogP contribution in [0.25, 0.3) is 11.1 Å². The Morgan fingerprint density at radius 1 is 0.917 bits per heavy atom. The Balaban J connectivity index is 1.37. The number of pyridine rings is 1. The van der Waals surface area contributed by atoms with Crippen LogP contribution in [0, 0.1) is 0 Å². The van der Waals surface area contributed by atoms with Gasteiger partial charge in [0.05, 0.1) is 0 Å². The number of aliphatic carboxylic acids is 1. The SMILES string of the molecule is O=C(O)C1CCNCCN2CCN(CC2)Cc2cccc(c2)Nc2cc(ccn2)-c2cnc(nc2)N1. The highest BCUT2D eigenvalue weighted by atomic mass is 16.4. The van der Waals surface area contributed by atoms with E-state index in [4.69, 9.17) is 0 Å². The van der Waals surface area contributed by atoms with E-state index in [0.717, 1.165) is 68.4 Å². The molecule has 2 aromatic heterocycles. The van der Waals surface area contributed by atoms with E-state index in [-0.39, 0.29) is 0 Å². The van der Waals surface area contributed by atoms with E-state index in [2.05, 4.69) is 58.9 Å². The minimum atomic E-state index is -0.917. The van der Waals surface area contributed by atoms with Gasteiger partial charge in [0, 0.05) is 75.7 Å². The maximum absolute atomic E-state index is 11.8. The molecule has 1 unspecified atom stereocenters. The summed E-state index contributed by atoms with van der Waals surface area (Å²) in [6.45, 7) is 7.43. The second kappa shape index (κ2) is 11.4. The number of hydrogen-bond donors (Lipinski definition) is 4. The molecule has 3 aromatic rings. The van der Waals surface area contributed by atoms with Crippen LogP contribution in [0.2, 0.25) is 0 Å². The minimum Gasteiger partial charge on any atom is -0.480 e. The number of hydrogen-bond acceptors (Lipinski definition) is 9. The number of piperazine rings is 1. The maximum atomic E-state index is 11.8. The molecule has 0 aliphatic carbocycles. The number of carboxylic acids is 1. The van der Waals surface area contributed by atoms with Crippen molar-refractivity contribution in [2.45, 2.75) is 19.0 Å². The third-order valence-electron chi connectivity index (χ3n) is 6.63. The van der Waals surface area contributed by atoms with Crippen LogP contribution < -0.4 is 16.0 Å². The fourth-order valence-electron chi connectivity index (χ4n) is 4.58. The highest BCUT2D eigenvalue weighted by Gasteiger charge is 2.19. The van der Waals surface area contributed by atoms with E-state index in [1.54, 1.807) is 18.6 Å². The zero-order valence-corrected chi connectivity index (χ0v) is 20.2. The summed E-state index contributed by atoms with van der Waals surface area (Å²) in [6, 6.07) is 11.6. The van der Waals surface area contributed by atoms with Crippen molar-refractivity contribution < 1.29 is 9.90 Å². The Labute approximate surface area is 210 Å². The van der Waals surface area contributed by atoms with Crippen molar-refractivity contribution in [3.8, 4) is 11.1 Å². The molecule has 0 spiro atoms. The molecule has 1 fully saturated rings. The highest BCUT2D eigenvalue weighted by Crippen LogP contribution is 2.23. The fraction of sp³-hybridized carbons (Fsp3) is 0.385. The van der Waals surface area contributed by atoms with Crippen LogP contribution in [0.1, 0.15) is 12.0 Å². The number of carbonyl (C=O) groups is 1. The summed E-state index contributed by atoms with van der Waals surface area (Å²) < 4.78 is 0. The molecule has 4 N–H and O–H groups in total. The van der Waals surface area contributed by atoms with E-state index >= 15 is 0 Å². The molecule has 8 bridgehead atoms. The average molecular weight is 489 g/mol. The third kappa shape index (κ3) is 6.34. The van der Waals surface area contributed by atoms with Crippen LogP contribution in [0.4, 0.5) is 17.5 Å². The van der Waals surface area contributed by atoms with Gasteiger partial charge in [-0.15, -0.1) is 0 Å². The Morgan fingerprint density at radius 2 is 1.72 bits per heavy atom. The normalized spacial score (nSPS) is 22.8. The quantitative estimate of drug-likeness (QED) is 0.406. The lowest BCUT2D eigenvalue weighted by Gasteiger charge is -2.34. The highest BCUT2D eigenvalue weighted by molar-refractivity contribution is 5.76. The van der Waals surface area contributed by atoms with Gasteiger partial charge in [0.15, 0.2) is 0 Å². The summed E-state index contributed by atoms with van der Waals surface area (Å²) in [5.74, 6) is 0.114. The van der Waals surface area contributed by atoms with Crippen molar-refractivity contribution in [1.82, 2.24) is 30.1 Å². The summed E-state index contributed by atoms with van der Waals surface area (Å²) >= 11 is 0. The number of nitrogens with one attached hydrogen (secondary N) is 3. The molecular weight excluding hydrogens is 456 g/mol. The van der Waals surface area contributed by atoms with Gasteiger partial charge in [0.2, 0.25) is 5.95 Å². The Kier molecular flexibility index (Phi) is 7.65. The predicted molar refractivity (Wildman–Crippen MR) is 139 cm³/mol. The topological polar surface area (TPSA) is 119 Å². The lowest BCUT2D eigenvalue weighted by molar-refractivity contribution is -0.138. The van der Waals surface area contributed by atoms with Crippen LogP contribution in [-0.4, -0.2) is 87.7 Å². The van der Waals surface area contributed by atoms with Gasteiger partial charge in [-0.25, -0.2) is 19.7 Å². The molecule has 5 aliphatic rings. The molecule has 1 saturated heterocycles. The van der Waals surface area contributed by atoms with Crippen LogP contribution in [0.3, 0.4) is 0 Å². The van der Waals surface area contributed by atoms with Crippen molar-refractivity contribution in [1.29, 1.82) is 0 Å². The zero-order chi connectivity index (χ0) is 24.7. The molecule has 0 radical (unpaired) electrons. The lowest BCUT2D eigenvalue weighted by atomic mass is 10.1. The van der Waals surface area contributed by atoms with Gasteiger partial charge in [-0.3, -0.25) is 9.80 Å². The van der Waals surface area contributed by atoms with Crippen molar-refractivity contribution in [2.75, 3.05) is 56.4 Å². The Hall–Kier alpha value is -3.60. The summed E-state index contributed by atoms with van der Waals surface area (Å²) in [5.41, 5.74) is 4.01. The van der Waals surface area contributed by atoms with Gasteiger partial charge in [0.25, 0.3) is 0 Å². The molecule has 1 aromatic carbocycles. The number of aromatic nitrogens is 3. The molecule has 10 nitrogen and oxygen atoms in total. The van der Waals surface area contributed by atoms with Gasteiger partial charge in [-0.2, -0.15) is 0 Å². The van der Waals surface area contributed by atoms with Crippen molar-refractivity contribution >= 4 is 23.4 Å². The number of anilines is 3. The first-order valence-corrected chi connectivity index (χ1v) is 12.4. The molecule has 10 heteroatoms. The average Bonchev–Trinajstić information content (AvgIpc) is 2.89. The molecule has 7 heterocycles. The van der Waals surface area contributed by atoms with E-state index in [1.165, 1.54) is 5.56 Å². The van der Waals surface area contributed by atoms with Crippen molar-refractivity contribution in [3.63, 3.8) is 0 Å². The summed E-state index contributed by atoms with van der Waals surface area (Å²) in [4.78, 5) is 29.9. The van der Waals surface area contributed by atoms with Crippen LogP contribution in [-0.2, 0) is 11.3 Å². The van der Waals surface area contributed by atoms with Gasteiger partial charge in [-0.05, 0) is 48.4 Å². The van der Waals surface area contributed by atoms with Gasteiger partial charge < -0.3 is 21.1 Å². The fourth-order valence-corrected chi connectivity index (χ4v) is 4.58. The first-order valence-electron chi connectivity index (χ1n) is 12.4. The van der Waals surface area contributed by atoms with Crippen LogP contribution in [0.15, 0.2) is 55.0 Å². The van der Waals surface area contributed by atoms with Crippen LogP contribution in [0.5, 0.6) is 0 Å². The number of carboxylic acid groups (broad SMARTS) is 1. The van der Waals surface area contributed by atoms with Crippen molar-refractivity contribution in [2.24, 2.45) is 0 Å².